The van der Waals surface area contributed by atoms with Crippen LogP contribution in [0.15, 0.2) is 30.5 Å². The Bertz CT molecular complexity index is 702. The zero-order chi connectivity index (χ0) is 19.2. The molecule has 1 aromatic heterocycles. The van der Waals surface area contributed by atoms with Crippen molar-refractivity contribution in [2.45, 2.75) is 46.2 Å². The summed E-state index contributed by atoms with van der Waals surface area (Å²) < 4.78 is 44.7. The van der Waals surface area contributed by atoms with E-state index in [1.165, 1.54) is 5.56 Å². The maximum Gasteiger partial charge on any atom is 0.423 e. The standard InChI is InChI=1S/C19H24F3N3O/c1-4-7-14-8-10-15(11-9-14)25(6-3)18-23-13-16(19(20,21)22)17(24-18)26-12-5-2/h8-11,13H,4-7,12H2,1-3H3. The molecule has 0 radical (unpaired) electrons. The maximum atomic E-state index is 13.2. The molecular weight excluding hydrogens is 343 g/mol. The number of hydrogen-bond donors (Lipinski definition) is 0. The van der Waals surface area contributed by atoms with Crippen molar-refractivity contribution in [3.63, 3.8) is 0 Å². The van der Waals surface area contributed by atoms with E-state index in [4.69, 9.17) is 4.74 Å². The van der Waals surface area contributed by atoms with Gasteiger partial charge in [0.05, 0.1) is 6.61 Å². The molecule has 0 saturated carbocycles. The van der Waals surface area contributed by atoms with Gasteiger partial charge < -0.3 is 9.64 Å². The lowest BCUT2D eigenvalue weighted by molar-refractivity contribution is -0.139. The van der Waals surface area contributed by atoms with E-state index >= 15 is 0 Å². The van der Waals surface area contributed by atoms with E-state index in [9.17, 15) is 13.2 Å². The summed E-state index contributed by atoms with van der Waals surface area (Å²) in [4.78, 5) is 9.75. The minimum Gasteiger partial charge on any atom is -0.477 e. The Labute approximate surface area is 152 Å². The van der Waals surface area contributed by atoms with Gasteiger partial charge in [0.15, 0.2) is 0 Å². The number of ether oxygens (including phenoxy) is 1. The molecule has 2 rings (SSSR count). The normalized spacial score (nSPS) is 11.5. The molecule has 0 saturated heterocycles. The molecule has 142 valence electrons. The van der Waals surface area contributed by atoms with Crippen molar-refractivity contribution < 1.29 is 17.9 Å². The van der Waals surface area contributed by atoms with Crippen LogP contribution in [-0.4, -0.2) is 23.1 Å². The minimum atomic E-state index is -4.56. The highest BCUT2D eigenvalue weighted by Gasteiger charge is 2.36. The summed E-state index contributed by atoms with van der Waals surface area (Å²) in [5.41, 5.74) is 1.09. The van der Waals surface area contributed by atoms with Gasteiger partial charge >= 0.3 is 6.18 Å². The maximum absolute atomic E-state index is 13.2. The average Bonchev–Trinajstić information content (AvgIpc) is 2.61. The fourth-order valence-corrected chi connectivity index (χ4v) is 2.56. The van der Waals surface area contributed by atoms with Gasteiger partial charge in [-0.05, 0) is 37.5 Å². The second-order valence-corrected chi connectivity index (χ2v) is 5.90. The van der Waals surface area contributed by atoms with Gasteiger partial charge in [0.1, 0.15) is 5.56 Å². The Balaban J connectivity index is 2.37. The number of anilines is 2. The molecule has 0 aliphatic carbocycles. The van der Waals surface area contributed by atoms with Crippen molar-refractivity contribution in [2.75, 3.05) is 18.1 Å². The second kappa shape index (κ2) is 8.87. The summed E-state index contributed by atoms with van der Waals surface area (Å²) in [7, 11) is 0. The summed E-state index contributed by atoms with van der Waals surface area (Å²) >= 11 is 0. The molecule has 0 spiro atoms. The third kappa shape index (κ3) is 4.86. The van der Waals surface area contributed by atoms with Crippen LogP contribution in [0.25, 0.3) is 0 Å². The molecule has 0 N–H and O–H groups in total. The monoisotopic (exact) mass is 367 g/mol. The van der Waals surface area contributed by atoms with E-state index in [1.807, 2.05) is 38.1 Å². The largest absolute Gasteiger partial charge is 0.477 e. The number of aryl methyl sites for hydroxylation is 1. The van der Waals surface area contributed by atoms with Gasteiger partial charge in [-0.15, -0.1) is 0 Å². The van der Waals surface area contributed by atoms with E-state index in [0.29, 0.717) is 13.0 Å². The van der Waals surface area contributed by atoms with Gasteiger partial charge in [0.25, 0.3) is 0 Å². The van der Waals surface area contributed by atoms with Gasteiger partial charge in [-0.1, -0.05) is 32.4 Å². The topological polar surface area (TPSA) is 38.2 Å². The van der Waals surface area contributed by atoms with Crippen LogP contribution in [0.2, 0.25) is 0 Å². The fourth-order valence-electron chi connectivity index (χ4n) is 2.56. The third-order valence-electron chi connectivity index (χ3n) is 3.83. The highest BCUT2D eigenvalue weighted by molar-refractivity contribution is 5.58. The van der Waals surface area contributed by atoms with Gasteiger partial charge in [0, 0.05) is 18.4 Å². The first-order valence-corrected chi connectivity index (χ1v) is 8.84. The molecule has 0 unspecified atom stereocenters. The van der Waals surface area contributed by atoms with Crippen LogP contribution in [0.4, 0.5) is 24.8 Å². The molecule has 0 atom stereocenters. The van der Waals surface area contributed by atoms with Crippen LogP contribution in [0.5, 0.6) is 5.88 Å². The lowest BCUT2D eigenvalue weighted by Crippen LogP contribution is -2.21. The molecule has 0 aliphatic rings. The first kappa shape index (κ1) is 20.0. The summed E-state index contributed by atoms with van der Waals surface area (Å²) in [6, 6.07) is 7.89. The number of hydrogen-bond acceptors (Lipinski definition) is 4. The van der Waals surface area contributed by atoms with Crippen LogP contribution in [-0.2, 0) is 12.6 Å². The number of alkyl halides is 3. The molecule has 0 bridgehead atoms. The molecule has 26 heavy (non-hydrogen) atoms. The molecule has 0 fully saturated rings. The Morgan fingerprint density at radius 1 is 1.04 bits per heavy atom. The molecule has 1 heterocycles. The van der Waals surface area contributed by atoms with Gasteiger partial charge in [-0.25, -0.2) is 4.98 Å². The molecule has 0 amide bonds. The Kier molecular flexibility index (Phi) is 6.83. The third-order valence-corrected chi connectivity index (χ3v) is 3.83. The average molecular weight is 367 g/mol. The Morgan fingerprint density at radius 3 is 2.27 bits per heavy atom. The van der Waals surface area contributed by atoms with Crippen molar-refractivity contribution in [3.05, 3.63) is 41.6 Å². The predicted octanol–water partition coefficient (Wildman–Crippen LogP) is 5.39. The lowest BCUT2D eigenvalue weighted by Gasteiger charge is -2.22. The van der Waals surface area contributed by atoms with E-state index in [2.05, 4.69) is 16.9 Å². The smallest absolute Gasteiger partial charge is 0.423 e. The first-order chi connectivity index (χ1) is 12.4. The fraction of sp³-hybridized carbons (Fsp3) is 0.474. The molecule has 2 aromatic rings. The van der Waals surface area contributed by atoms with Crippen LogP contribution in [0, 0.1) is 0 Å². The highest BCUT2D eigenvalue weighted by atomic mass is 19.4. The zero-order valence-corrected chi connectivity index (χ0v) is 15.3. The summed E-state index contributed by atoms with van der Waals surface area (Å²) in [6.07, 6.45) is -1.13. The van der Waals surface area contributed by atoms with E-state index in [1.54, 1.807) is 4.90 Å². The van der Waals surface area contributed by atoms with E-state index in [-0.39, 0.29) is 12.6 Å². The molecule has 4 nitrogen and oxygen atoms in total. The van der Waals surface area contributed by atoms with Crippen LogP contribution in [0.3, 0.4) is 0 Å². The molecule has 1 aromatic carbocycles. The summed E-state index contributed by atoms with van der Waals surface area (Å²) in [6.45, 7) is 6.52. The zero-order valence-electron chi connectivity index (χ0n) is 15.3. The summed E-state index contributed by atoms with van der Waals surface area (Å²) in [5.74, 6) is -0.236. The second-order valence-electron chi connectivity index (χ2n) is 5.90. The number of halogens is 3. The van der Waals surface area contributed by atoms with Gasteiger partial charge in [0.2, 0.25) is 11.8 Å². The highest BCUT2D eigenvalue weighted by Crippen LogP contribution is 2.36. The predicted molar refractivity (Wildman–Crippen MR) is 95.9 cm³/mol. The van der Waals surface area contributed by atoms with Gasteiger partial charge in [-0.3, -0.25) is 0 Å². The van der Waals surface area contributed by atoms with Crippen molar-refractivity contribution in [1.82, 2.24) is 9.97 Å². The van der Waals surface area contributed by atoms with Crippen molar-refractivity contribution in [1.29, 1.82) is 0 Å². The van der Waals surface area contributed by atoms with Crippen molar-refractivity contribution in [2.24, 2.45) is 0 Å². The quantitative estimate of drug-likeness (QED) is 0.627. The number of rotatable bonds is 8. The van der Waals surface area contributed by atoms with E-state index < -0.39 is 17.6 Å². The van der Waals surface area contributed by atoms with Crippen LogP contribution in [0.1, 0.15) is 44.7 Å². The SMILES string of the molecule is CCCOc1nc(N(CC)c2ccc(CCC)cc2)ncc1C(F)(F)F. The Hall–Kier alpha value is -2.31. The molecule has 7 heteroatoms. The van der Waals surface area contributed by atoms with Crippen LogP contribution < -0.4 is 9.64 Å². The van der Waals surface area contributed by atoms with E-state index in [0.717, 1.165) is 24.7 Å². The lowest BCUT2D eigenvalue weighted by atomic mass is 10.1. The number of benzene rings is 1. The van der Waals surface area contributed by atoms with Crippen molar-refractivity contribution in [3.8, 4) is 5.88 Å². The summed E-state index contributed by atoms with van der Waals surface area (Å²) in [5, 5.41) is 0. The first-order valence-electron chi connectivity index (χ1n) is 8.84. The van der Waals surface area contributed by atoms with Gasteiger partial charge in [-0.2, -0.15) is 18.2 Å². The number of aromatic nitrogens is 2. The Morgan fingerprint density at radius 2 is 1.73 bits per heavy atom. The van der Waals surface area contributed by atoms with Crippen molar-refractivity contribution >= 4 is 11.6 Å². The molecule has 0 aliphatic heterocycles. The molecular formula is C19H24F3N3O. The number of nitrogens with zero attached hydrogens (tertiary/aromatic N) is 3. The minimum absolute atomic E-state index is 0.164. The van der Waals surface area contributed by atoms with Crippen LogP contribution >= 0.6 is 0 Å².